The number of aryl methyl sites for hydroxylation is 2. The molecule has 4 aromatic rings. The zero-order valence-corrected chi connectivity index (χ0v) is 18.5. The maximum atomic E-state index is 12.6. The lowest BCUT2D eigenvalue weighted by atomic mass is 10.1. The summed E-state index contributed by atoms with van der Waals surface area (Å²) >= 11 is 7.63. The Kier molecular flexibility index (Phi) is 5.83. The number of rotatable bonds is 6. The molecule has 0 spiro atoms. The number of ether oxygens (including phenoxy) is 1. The molecule has 0 amide bonds. The lowest BCUT2D eigenvalue weighted by Crippen LogP contribution is -2.07. The van der Waals surface area contributed by atoms with Crippen LogP contribution in [-0.2, 0) is 19.4 Å². The van der Waals surface area contributed by atoms with Crippen LogP contribution in [0, 0.1) is 13.8 Å². The van der Waals surface area contributed by atoms with Crippen molar-refractivity contribution in [2.45, 2.75) is 31.4 Å². The number of H-pyrrole nitrogens is 1. The predicted molar refractivity (Wildman–Crippen MR) is 120 cm³/mol. The SMILES string of the molecule is Cc1cc(C)c2c(=O)cc(CSc3nnc(COc4ccccc4Cl)n3C)[nH]c2c1. The van der Waals surface area contributed by atoms with Gasteiger partial charge in [0.25, 0.3) is 0 Å². The van der Waals surface area contributed by atoms with Gasteiger partial charge in [-0.1, -0.05) is 41.6 Å². The molecule has 2 aromatic heterocycles. The molecular weight excluding hydrogens is 420 g/mol. The number of hydrogen-bond donors (Lipinski definition) is 1. The van der Waals surface area contributed by atoms with Crippen molar-refractivity contribution in [2.75, 3.05) is 0 Å². The molecule has 0 fully saturated rings. The van der Waals surface area contributed by atoms with Gasteiger partial charge in [0.05, 0.1) is 10.5 Å². The smallest absolute Gasteiger partial charge is 0.191 e. The number of hydrogen-bond acceptors (Lipinski definition) is 5. The molecule has 0 atom stereocenters. The standard InChI is InChI=1S/C22H21ClN4O2S/c1-13-8-14(2)21-17(9-13)24-15(10-18(21)28)12-30-22-26-25-20(27(22)3)11-29-19-7-5-4-6-16(19)23/h4-10H,11-12H2,1-3H3,(H,24,28). The molecule has 0 saturated carbocycles. The fourth-order valence-corrected chi connectivity index (χ4v) is 4.38. The second kappa shape index (κ2) is 8.53. The van der Waals surface area contributed by atoms with Crippen LogP contribution in [0.5, 0.6) is 5.75 Å². The van der Waals surface area contributed by atoms with E-state index in [-0.39, 0.29) is 12.0 Å². The first kappa shape index (κ1) is 20.5. The number of nitrogens with one attached hydrogen (secondary N) is 1. The maximum Gasteiger partial charge on any atom is 0.191 e. The summed E-state index contributed by atoms with van der Waals surface area (Å²) in [4.78, 5) is 16.0. The summed E-state index contributed by atoms with van der Waals surface area (Å²) in [7, 11) is 1.89. The van der Waals surface area contributed by atoms with Gasteiger partial charge in [0, 0.05) is 29.9 Å². The molecule has 2 heterocycles. The lowest BCUT2D eigenvalue weighted by Gasteiger charge is -2.09. The van der Waals surface area contributed by atoms with E-state index in [0.717, 1.165) is 32.9 Å². The molecule has 30 heavy (non-hydrogen) atoms. The molecule has 4 rings (SSSR count). The minimum atomic E-state index is 0.0312. The number of thioether (sulfide) groups is 1. The molecule has 8 heteroatoms. The third kappa shape index (κ3) is 4.22. The molecule has 0 unspecified atom stereocenters. The van der Waals surface area contributed by atoms with Crippen LogP contribution >= 0.6 is 23.4 Å². The van der Waals surface area contributed by atoms with Gasteiger partial charge in [0.1, 0.15) is 12.4 Å². The Morgan fingerprint density at radius 1 is 1.17 bits per heavy atom. The van der Waals surface area contributed by atoms with Gasteiger partial charge in [-0.3, -0.25) is 4.79 Å². The summed E-state index contributed by atoms with van der Waals surface area (Å²) in [6, 6.07) is 13.0. The van der Waals surface area contributed by atoms with Crippen molar-refractivity contribution < 1.29 is 4.74 Å². The topological polar surface area (TPSA) is 72.8 Å². The van der Waals surface area contributed by atoms with Crippen LogP contribution in [0.4, 0.5) is 0 Å². The summed E-state index contributed by atoms with van der Waals surface area (Å²) < 4.78 is 7.64. The highest BCUT2D eigenvalue weighted by molar-refractivity contribution is 7.98. The van der Waals surface area contributed by atoms with Crippen LogP contribution in [0.15, 0.2) is 52.4 Å². The van der Waals surface area contributed by atoms with E-state index in [0.29, 0.717) is 22.3 Å². The zero-order valence-electron chi connectivity index (χ0n) is 16.9. The molecule has 2 aromatic carbocycles. The summed E-state index contributed by atoms with van der Waals surface area (Å²) in [6.45, 7) is 4.25. The monoisotopic (exact) mass is 440 g/mol. The summed E-state index contributed by atoms with van der Waals surface area (Å²) in [5, 5.41) is 10.5. The number of aromatic nitrogens is 4. The van der Waals surface area contributed by atoms with Crippen LogP contribution in [-0.4, -0.2) is 19.7 Å². The first-order valence-corrected chi connectivity index (χ1v) is 10.8. The summed E-state index contributed by atoms with van der Waals surface area (Å²) in [6.07, 6.45) is 0. The highest BCUT2D eigenvalue weighted by Gasteiger charge is 2.12. The molecule has 1 N–H and O–H groups in total. The van der Waals surface area contributed by atoms with Crippen molar-refractivity contribution in [3.05, 3.63) is 80.4 Å². The number of halogens is 1. The minimum Gasteiger partial charge on any atom is -0.484 e. The molecule has 0 aliphatic rings. The van der Waals surface area contributed by atoms with E-state index in [9.17, 15) is 4.79 Å². The fraction of sp³-hybridized carbons (Fsp3) is 0.227. The van der Waals surface area contributed by atoms with Crippen LogP contribution in [0.1, 0.15) is 22.6 Å². The molecule has 6 nitrogen and oxygen atoms in total. The lowest BCUT2D eigenvalue weighted by molar-refractivity contribution is 0.290. The van der Waals surface area contributed by atoms with Crippen LogP contribution in [0.2, 0.25) is 5.02 Å². The Morgan fingerprint density at radius 3 is 2.77 bits per heavy atom. The molecule has 0 bridgehead atoms. The third-order valence-electron chi connectivity index (χ3n) is 4.80. The molecule has 0 aliphatic heterocycles. The van der Waals surface area contributed by atoms with Crippen molar-refractivity contribution in [3.8, 4) is 5.75 Å². The van der Waals surface area contributed by atoms with Gasteiger partial charge >= 0.3 is 0 Å². The van der Waals surface area contributed by atoms with Gasteiger partial charge in [-0.2, -0.15) is 0 Å². The molecule has 0 saturated heterocycles. The van der Waals surface area contributed by atoms with Crippen LogP contribution < -0.4 is 10.2 Å². The Balaban J connectivity index is 1.48. The van der Waals surface area contributed by atoms with Crippen molar-refractivity contribution in [2.24, 2.45) is 7.05 Å². The van der Waals surface area contributed by atoms with E-state index in [1.807, 2.05) is 55.8 Å². The molecule has 154 valence electrons. The third-order valence-corrected chi connectivity index (χ3v) is 6.18. The van der Waals surface area contributed by atoms with Crippen molar-refractivity contribution >= 4 is 34.3 Å². The number of pyridine rings is 1. The van der Waals surface area contributed by atoms with E-state index in [1.165, 1.54) is 11.8 Å². The number of aromatic amines is 1. The number of para-hydroxylation sites is 1. The van der Waals surface area contributed by atoms with E-state index < -0.39 is 0 Å². The summed E-state index contributed by atoms with van der Waals surface area (Å²) in [5.74, 6) is 1.88. The van der Waals surface area contributed by atoms with Crippen molar-refractivity contribution in [1.29, 1.82) is 0 Å². The quantitative estimate of drug-likeness (QED) is 0.436. The van der Waals surface area contributed by atoms with E-state index in [2.05, 4.69) is 15.2 Å². The van der Waals surface area contributed by atoms with Crippen LogP contribution in [0.3, 0.4) is 0 Å². The average molecular weight is 441 g/mol. The van der Waals surface area contributed by atoms with Crippen molar-refractivity contribution in [3.63, 3.8) is 0 Å². The first-order chi connectivity index (χ1) is 14.4. The van der Waals surface area contributed by atoms with Crippen LogP contribution in [0.25, 0.3) is 10.9 Å². The largest absolute Gasteiger partial charge is 0.484 e. The normalized spacial score (nSPS) is 11.2. The molecular formula is C22H21ClN4O2S. The highest BCUT2D eigenvalue weighted by Crippen LogP contribution is 2.25. The Bertz CT molecular complexity index is 1280. The average Bonchev–Trinajstić information content (AvgIpc) is 3.04. The van der Waals surface area contributed by atoms with Gasteiger partial charge in [0.15, 0.2) is 16.4 Å². The van der Waals surface area contributed by atoms with E-state index in [4.69, 9.17) is 16.3 Å². The maximum absolute atomic E-state index is 12.6. The van der Waals surface area contributed by atoms with E-state index >= 15 is 0 Å². The number of nitrogens with zero attached hydrogens (tertiary/aromatic N) is 3. The Hall–Kier alpha value is -2.77. The minimum absolute atomic E-state index is 0.0312. The highest BCUT2D eigenvalue weighted by atomic mass is 35.5. The summed E-state index contributed by atoms with van der Waals surface area (Å²) in [5.41, 5.74) is 3.85. The molecule has 0 radical (unpaired) electrons. The fourth-order valence-electron chi connectivity index (χ4n) is 3.35. The van der Waals surface area contributed by atoms with Gasteiger partial charge < -0.3 is 14.3 Å². The second-order valence-corrected chi connectivity index (χ2v) is 8.48. The van der Waals surface area contributed by atoms with Crippen molar-refractivity contribution in [1.82, 2.24) is 19.7 Å². The predicted octanol–water partition coefficient (Wildman–Crippen LogP) is 4.80. The van der Waals surface area contributed by atoms with Gasteiger partial charge in [-0.05, 0) is 43.2 Å². The Labute approximate surface area is 183 Å². The van der Waals surface area contributed by atoms with Gasteiger partial charge in [-0.15, -0.1) is 10.2 Å². The second-order valence-electron chi connectivity index (χ2n) is 7.13. The zero-order chi connectivity index (χ0) is 21.3. The first-order valence-electron chi connectivity index (χ1n) is 9.44. The number of benzene rings is 2. The number of fused-ring (bicyclic) bond motifs is 1. The van der Waals surface area contributed by atoms with E-state index in [1.54, 1.807) is 12.1 Å². The molecule has 0 aliphatic carbocycles. The van der Waals surface area contributed by atoms with Gasteiger partial charge in [0.2, 0.25) is 0 Å². The van der Waals surface area contributed by atoms with Gasteiger partial charge in [-0.25, -0.2) is 0 Å². The Morgan fingerprint density at radius 2 is 1.97 bits per heavy atom.